The second-order valence-electron chi connectivity index (χ2n) is 6.36. The first-order valence-electron chi connectivity index (χ1n) is 8.63. The van der Waals surface area contributed by atoms with Gasteiger partial charge in [0.2, 0.25) is 0 Å². The maximum Gasteiger partial charge on any atom is 0.573 e. The van der Waals surface area contributed by atoms with Crippen molar-refractivity contribution in [1.82, 2.24) is 4.98 Å². The molecule has 0 unspecified atom stereocenters. The molecule has 146 valence electrons. The largest absolute Gasteiger partial charge is 0.573 e. The molecule has 0 amide bonds. The molecule has 0 spiro atoms. The van der Waals surface area contributed by atoms with Crippen LogP contribution in [-0.2, 0) is 11.2 Å². The highest BCUT2D eigenvalue weighted by Gasteiger charge is 2.30. The lowest BCUT2D eigenvalue weighted by atomic mass is 10.0. The molecule has 0 fully saturated rings. The number of halogens is 3. The number of ether oxygens (including phenoxy) is 1. The molecule has 1 heterocycles. The van der Waals surface area contributed by atoms with Gasteiger partial charge in [-0.1, -0.05) is 36.4 Å². The minimum Gasteiger partial charge on any atom is -0.445 e. The molecule has 28 heavy (non-hydrogen) atoms. The number of nitrogens with zero attached hydrogens (tertiary/aromatic N) is 1. The summed E-state index contributed by atoms with van der Waals surface area (Å²) in [6, 6.07) is 13.1. The van der Waals surface area contributed by atoms with Crippen molar-refractivity contribution in [2.75, 3.05) is 0 Å². The molecule has 0 bridgehead atoms. The van der Waals surface area contributed by atoms with Crippen molar-refractivity contribution in [1.29, 1.82) is 0 Å². The minimum atomic E-state index is -4.71. The van der Waals surface area contributed by atoms with Crippen molar-refractivity contribution < 1.29 is 27.1 Å². The Hall–Kier alpha value is -3.09. The van der Waals surface area contributed by atoms with Crippen LogP contribution in [0.25, 0.3) is 22.4 Å². The van der Waals surface area contributed by atoms with Crippen LogP contribution in [0.3, 0.4) is 0 Å². The van der Waals surface area contributed by atoms with Crippen molar-refractivity contribution in [2.24, 2.45) is 0 Å². The van der Waals surface area contributed by atoms with Gasteiger partial charge in [-0.2, -0.15) is 0 Å². The maximum absolute atomic E-state index is 12.2. The summed E-state index contributed by atoms with van der Waals surface area (Å²) in [5.41, 5.74) is 3.14. The topological polar surface area (TPSA) is 52.3 Å². The summed E-state index contributed by atoms with van der Waals surface area (Å²) < 4.78 is 46.2. The zero-order chi connectivity index (χ0) is 20.3. The lowest BCUT2D eigenvalue weighted by Crippen LogP contribution is -2.16. The molecular formula is C21H18F3NO3. The predicted molar refractivity (Wildman–Crippen MR) is 97.8 cm³/mol. The van der Waals surface area contributed by atoms with E-state index in [9.17, 15) is 18.0 Å². The van der Waals surface area contributed by atoms with Gasteiger partial charge in [0.15, 0.2) is 5.89 Å². The lowest BCUT2D eigenvalue weighted by Gasteiger charge is -2.09. The molecule has 3 aromatic rings. The molecule has 4 nitrogen and oxygen atoms in total. The van der Waals surface area contributed by atoms with Crippen LogP contribution in [0.5, 0.6) is 5.75 Å². The van der Waals surface area contributed by atoms with Gasteiger partial charge in [0.1, 0.15) is 23.0 Å². The lowest BCUT2D eigenvalue weighted by molar-refractivity contribution is -0.274. The molecule has 0 aliphatic rings. The zero-order valence-corrected chi connectivity index (χ0v) is 15.3. The van der Waals surface area contributed by atoms with E-state index in [1.807, 2.05) is 24.3 Å². The van der Waals surface area contributed by atoms with Gasteiger partial charge in [-0.25, -0.2) is 4.98 Å². The van der Waals surface area contributed by atoms with Crippen molar-refractivity contribution in [3.05, 3.63) is 60.2 Å². The third kappa shape index (κ3) is 5.00. The van der Waals surface area contributed by atoms with Crippen molar-refractivity contribution in [3.63, 3.8) is 0 Å². The summed E-state index contributed by atoms with van der Waals surface area (Å²) >= 11 is 0. The second-order valence-corrected chi connectivity index (χ2v) is 6.36. The van der Waals surface area contributed by atoms with E-state index >= 15 is 0 Å². The quantitative estimate of drug-likeness (QED) is 0.540. The maximum atomic E-state index is 12.2. The first-order valence-corrected chi connectivity index (χ1v) is 8.63. The molecule has 0 atom stereocenters. The Balaban J connectivity index is 1.80. The van der Waals surface area contributed by atoms with Gasteiger partial charge in [-0.15, -0.1) is 13.2 Å². The number of aromatic nitrogens is 1. The Morgan fingerprint density at radius 3 is 2.07 bits per heavy atom. The van der Waals surface area contributed by atoms with Gasteiger partial charge >= 0.3 is 6.36 Å². The number of aryl methyl sites for hydroxylation is 2. The molecule has 0 aliphatic heterocycles. The molecule has 2 aromatic carbocycles. The van der Waals surface area contributed by atoms with Gasteiger partial charge in [0, 0.05) is 25.3 Å². The molecular weight excluding hydrogens is 371 g/mol. The van der Waals surface area contributed by atoms with Gasteiger partial charge in [0.05, 0.1) is 0 Å². The van der Waals surface area contributed by atoms with Gasteiger partial charge in [-0.05, 0) is 30.2 Å². The van der Waals surface area contributed by atoms with Gasteiger partial charge < -0.3 is 13.9 Å². The number of carbonyl (C=O) groups is 1. The second kappa shape index (κ2) is 7.88. The zero-order valence-electron chi connectivity index (χ0n) is 15.3. The Morgan fingerprint density at radius 2 is 1.54 bits per heavy atom. The van der Waals surface area contributed by atoms with Crippen LogP contribution in [0.1, 0.15) is 25.0 Å². The van der Waals surface area contributed by atoms with Crippen LogP contribution in [0.4, 0.5) is 13.2 Å². The fourth-order valence-corrected chi connectivity index (χ4v) is 2.82. The normalized spacial score (nSPS) is 11.5. The number of hydrogen-bond acceptors (Lipinski definition) is 4. The molecule has 7 heteroatoms. The van der Waals surface area contributed by atoms with Crippen molar-refractivity contribution >= 4 is 5.78 Å². The van der Waals surface area contributed by atoms with E-state index in [-0.39, 0.29) is 11.5 Å². The van der Waals surface area contributed by atoms with E-state index in [1.165, 1.54) is 19.1 Å². The SMILES string of the molecule is CC(=O)CCc1oc(C)nc1-c1ccc(-c2ccc(OC(F)(F)F)cc2)cc1. The average Bonchev–Trinajstić information content (AvgIpc) is 3.00. The van der Waals surface area contributed by atoms with E-state index in [4.69, 9.17) is 4.42 Å². The Labute approximate surface area is 160 Å². The highest BCUT2D eigenvalue weighted by molar-refractivity contribution is 5.76. The van der Waals surface area contributed by atoms with E-state index in [1.54, 1.807) is 19.1 Å². The number of alkyl halides is 3. The van der Waals surface area contributed by atoms with Gasteiger partial charge in [0.25, 0.3) is 0 Å². The van der Waals surface area contributed by atoms with Gasteiger partial charge in [-0.3, -0.25) is 0 Å². The molecule has 0 aliphatic carbocycles. The summed E-state index contributed by atoms with van der Waals surface area (Å²) in [6.45, 7) is 3.28. The number of Topliss-reactive ketones (excluding diaryl/α,β-unsaturated/α-hetero) is 1. The summed E-state index contributed by atoms with van der Waals surface area (Å²) in [6.07, 6.45) is -3.85. The third-order valence-corrected chi connectivity index (χ3v) is 4.09. The minimum absolute atomic E-state index is 0.0771. The summed E-state index contributed by atoms with van der Waals surface area (Å²) in [4.78, 5) is 15.6. The summed E-state index contributed by atoms with van der Waals surface area (Å²) in [5, 5.41) is 0. The molecule has 1 aromatic heterocycles. The fourth-order valence-electron chi connectivity index (χ4n) is 2.82. The van der Waals surface area contributed by atoms with Crippen LogP contribution < -0.4 is 4.74 Å². The smallest absolute Gasteiger partial charge is 0.445 e. The van der Waals surface area contributed by atoms with Crippen molar-refractivity contribution in [2.45, 2.75) is 33.1 Å². The number of ketones is 1. The van der Waals surface area contributed by atoms with Crippen LogP contribution in [-0.4, -0.2) is 17.1 Å². The number of hydrogen-bond donors (Lipinski definition) is 0. The number of oxazole rings is 1. The Kier molecular flexibility index (Phi) is 5.53. The first kappa shape index (κ1) is 19.7. The van der Waals surface area contributed by atoms with Crippen molar-refractivity contribution in [3.8, 4) is 28.1 Å². The molecule has 3 rings (SSSR count). The number of benzene rings is 2. The summed E-state index contributed by atoms with van der Waals surface area (Å²) in [7, 11) is 0. The first-order chi connectivity index (χ1) is 13.2. The van der Waals surface area contributed by atoms with E-state index in [0.29, 0.717) is 30.2 Å². The monoisotopic (exact) mass is 389 g/mol. The van der Waals surface area contributed by atoms with Crippen LogP contribution >= 0.6 is 0 Å². The highest BCUT2D eigenvalue weighted by Crippen LogP contribution is 2.30. The molecule has 0 N–H and O–H groups in total. The highest BCUT2D eigenvalue weighted by atomic mass is 19.4. The van der Waals surface area contributed by atoms with Crippen LogP contribution in [0.15, 0.2) is 52.9 Å². The Morgan fingerprint density at radius 1 is 1.00 bits per heavy atom. The van der Waals surface area contributed by atoms with E-state index in [2.05, 4.69) is 9.72 Å². The molecule has 0 radical (unpaired) electrons. The average molecular weight is 389 g/mol. The predicted octanol–water partition coefficient (Wildman–Crippen LogP) is 5.74. The fraction of sp³-hybridized carbons (Fsp3) is 0.238. The summed E-state index contributed by atoms with van der Waals surface area (Å²) in [5.74, 6) is 1.00. The van der Waals surface area contributed by atoms with E-state index in [0.717, 1.165) is 16.7 Å². The standard InChI is InChI=1S/C21H18F3NO3/c1-13(26)3-12-19-20(25-14(2)27-19)17-6-4-15(5-7-17)16-8-10-18(11-9-16)28-21(22,23)24/h4-11H,3,12H2,1-2H3. The molecule has 0 saturated carbocycles. The van der Waals surface area contributed by atoms with Crippen LogP contribution in [0, 0.1) is 6.92 Å². The van der Waals surface area contributed by atoms with E-state index < -0.39 is 6.36 Å². The number of rotatable bonds is 6. The Bertz CT molecular complexity index is 958. The number of carbonyl (C=O) groups excluding carboxylic acids is 1. The molecule has 0 saturated heterocycles. The third-order valence-electron chi connectivity index (χ3n) is 4.09. The van der Waals surface area contributed by atoms with Crippen LogP contribution in [0.2, 0.25) is 0 Å².